The normalized spacial score (nSPS) is 15.1. The molecule has 0 atom stereocenters. The van der Waals surface area contributed by atoms with Gasteiger partial charge in [-0.05, 0) is 66.9 Å². The number of hydrogen-bond acceptors (Lipinski definition) is 4. The molecule has 6 nitrogen and oxygen atoms in total. The number of benzene rings is 3. The molecule has 1 aliphatic heterocycles. The Hall–Kier alpha value is -3.90. The Balaban J connectivity index is 1.59. The molecule has 1 aliphatic rings. The molecule has 166 valence electrons. The van der Waals surface area contributed by atoms with E-state index < -0.39 is 17.8 Å². The van der Waals surface area contributed by atoms with Gasteiger partial charge in [0.1, 0.15) is 17.9 Å². The molecule has 0 aromatic heterocycles. The Kier molecular flexibility index (Phi) is 6.29. The predicted octanol–water partition coefficient (Wildman–Crippen LogP) is 5.20. The zero-order valence-electron chi connectivity index (χ0n) is 18.1. The standard InChI is InChI=1S/C26H21ClN2O4/c1-16-10-11-20(12-17(16)2)29-25(31)22(24(30)28-26(29)32)14-18-6-5-8-21(13-18)33-15-19-7-3-4-9-23(19)27/h3-14H,15H2,1-2H3,(H,28,30,32). The number of nitrogens with zero attached hydrogens (tertiary/aromatic N) is 1. The highest BCUT2D eigenvalue weighted by atomic mass is 35.5. The van der Waals surface area contributed by atoms with Crippen LogP contribution in [0.4, 0.5) is 10.5 Å². The summed E-state index contributed by atoms with van der Waals surface area (Å²) >= 11 is 6.17. The van der Waals surface area contributed by atoms with Gasteiger partial charge in [0.25, 0.3) is 11.8 Å². The van der Waals surface area contributed by atoms with Crippen LogP contribution in [0.15, 0.2) is 72.3 Å². The fraction of sp³-hybridized carbons (Fsp3) is 0.115. The van der Waals surface area contributed by atoms with Crippen LogP contribution in [0.5, 0.6) is 5.75 Å². The average Bonchev–Trinajstić information content (AvgIpc) is 2.78. The van der Waals surface area contributed by atoms with E-state index in [-0.39, 0.29) is 12.2 Å². The first-order chi connectivity index (χ1) is 15.8. The number of halogens is 1. The van der Waals surface area contributed by atoms with E-state index >= 15 is 0 Å². The van der Waals surface area contributed by atoms with Crippen LogP contribution in [0.3, 0.4) is 0 Å². The molecule has 0 saturated carbocycles. The number of nitrogens with one attached hydrogen (secondary N) is 1. The summed E-state index contributed by atoms with van der Waals surface area (Å²) < 4.78 is 5.82. The topological polar surface area (TPSA) is 75.7 Å². The Labute approximate surface area is 196 Å². The molecule has 0 unspecified atom stereocenters. The van der Waals surface area contributed by atoms with Crippen LogP contribution in [0, 0.1) is 13.8 Å². The lowest BCUT2D eigenvalue weighted by Crippen LogP contribution is -2.54. The molecule has 1 N–H and O–H groups in total. The highest BCUT2D eigenvalue weighted by molar-refractivity contribution is 6.39. The van der Waals surface area contributed by atoms with Gasteiger partial charge in [-0.1, -0.05) is 48.0 Å². The number of aryl methyl sites for hydroxylation is 2. The van der Waals surface area contributed by atoms with Gasteiger partial charge >= 0.3 is 6.03 Å². The second-order valence-electron chi connectivity index (χ2n) is 7.68. The summed E-state index contributed by atoms with van der Waals surface area (Å²) in [6, 6.07) is 18.8. The van der Waals surface area contributed by atoms with Crippen molar-refractivity contribution in [1.82, 2.24) is 5.32 Å². The minimum atomic E-state index is -0.776. The van der Waals surface area contributed by atoms with Gasteiger partial charge in [0.05, 0.1) is 5.69 Å². The first-order valence-corrected chi connectivity index (χ1v) is 10.7. The first-order valence-electron chi connectivity index (χ1n) is 10.3. The van der Waals surface area contributed by atoms with Gasteiger partial charge in [-0.2, -0.15) is 0 Å². The molecule has 0 radical (unpaired) electrons. The van der Waals surface area contributed by atoms with Gasteiger partial charge in [-0.15, -0.1) is 0 Å². The lowest BCUT2D eigenvalue weighted by molar-refractivity contribution is -0.122. The van der Waals surface area contributed by atoms with Crippen molar-refractivity contribution in [3.05, 3.63) is 99.6 Å². The van der Waals surface area contributed by atoms with Crippen molar-refractivity contribution in [2.75, 3.05) is 4.90 Å². The maximum atomic E-state index is 13.1. The molecule has 0 aliphatic carbocycles. The quantitative estimate of drug-likeness (QED) is 0.419. The summed E-state index contributed by atoms with van der Waals surface area (Å²) in [4.78, 5) is 39.0. The second-order valence-corrected chi connectivity index (χ2v) is 8.09. The molecule has 4 rings (SSSR count). The fourth-order valence-electron chi connectivity index (χ4n) is 3.39. The third-order valence-electron chi connectivity index (χ3n) is 5.37. The number of barbiturate groups is 1. The lowest BCUT2D eigenvalue weighted by Gasteiger charge is -2.26. The van der Waals surface area contributed by atoms with Gasteiger partial charge in [0, 0.05) is 10.6 Å². The highest BCUT2D eigenvalue weighted by Crippen LogP contribution is 2.25. The molecular weight excluding hydrogens is 440 g/mol. The largest absolute Gasteiger partial charge is 0.489 e. The number of hydrogen-bond donors (Lipinski definition) is 1. The molecule has 33 heavy (non-hydrogen) atoms. The van der Waals surface area contributed by atoms with E-state index in [1.54, 1.807) is 42.5 Å². The number of carbonyl (C=O) groups excluding carboxylic acids is 3. The van der Waals surface area contributed by atoms with Crippen molar-refractivity contribution in [2.24, 2.45) is 0 Å². The van der Waals surface area contributed by atoms with Crippen LogP contribution < -0.4 is 15.0 Å². The van der Waals surface area contributed by atoms with E-state index in [1.165, 1.54) is 6.08 Å². The minimum Gasteiger partial charge on any atom is -0.489 e. The molecule has 1 heterocycles. The number of rotatable bonds is 5. The number of urea groups is 1. The van der Waals surface area contributed by atoms with Crippen LogP contribution in [0.25, 0.3) is 6.08 Å². The Morgan fingerprint density at radius 1 is 0.939 bits per heavy atom. The number of ether oxygens (including phenoxy) is 1. The van der Waals surface area contributed by atoms with Crippen molar-refractivity contribution in [2.45, 2.75) is 20.5 Å². The summed E-state index contributed by atoms with van der Waals surface area (Å²) in [5.74, 6) is -0.878. The second kappa shape index (κ2) is 9.30. The zero-order chi connectivity index (χ0) is 23.5. The Morgan fingerprint density at radius 2 is 1.73 bits per heavy atom. The molecule has 1 saturated heterocycles. The summed E-state index contributed by atoms with van der Waals surface area (Å²) in [6.45, 7) is 4.10. The number of carbonyl (C=O) groups is 3. The minimum absolute atomic E-state index is 0.143. The van der Waals surface area contributed by atoms with Crippen LogP contribution in [0.2, 0.25) is 5.02 Å². The summed E-state index contributed by atoms with van der Waals surface area (Å²) in [6.07, 6.45) is 1.44. The third-order valence-corrected chi connectivity index (χ3v) is 5.74. The van der Waals surface area contributed by atoms with Gasteiger partial charge in [-0.3, -0.25) is 14.9 Å². The van der Waals surface area contributed by atoms with Crippen molar-refractivity contribution in [1.29, 1.82) is 0 Å². The van der Waals surface area contributed by atoms with Gasteiger partial charge < -0.3 is 4.74 Å². The monoisotopic (exact) mass is 460 g/mol. The van der Waals surface area contributed by atoms with E-state index in [1.807, 2.05) is 38.1 Å². The molecule has 7 heteroatoms. The molecular formula is C26H21ClN2O4. The van der Waals surface area contributed by atoms with Gasteiger partial charge in [0.15, 0.2) is 0 Å². The van der Waals surface area contributed by atoms with Crippen LogP contribution in [0.1, 0.15) is 22.3 Å². The van der Waals surface area contributed by atoms with Gasteiger partial charge in [0.2, 0.25) is 0 Å². The third kappa shape index (κ3) is 4.81. The van der Waals surface area contributed by atoms with E-state index in [4.69, 9.17) is 16.3 Å². The summed E-state index contributed by atoms with van der Waals surface area (Å²) in [7, 11) is 0. The van der Waals surface area contributed by atoms with Crippen molar-refractivity contribution in [3.8, 4) is 5.75 Å². The van der Waals surface area contributed by atoms with Crippen molar-refractivity contribution >= 4 is 41.2 Å². The van der Waals surface area contributed by atoms with Crippen LogP contribution in [-0.4, -0.2) is 17.8 Å². The Bertz CT molecular complexity index is 1300. The van der Waals surface area contributed by atoms with Crippen molar-refractivity contribution < 1.29 is 19.1 Å². The van der Waals surface area contributed by atoms with E-state index in [0.29, 0.717) is 22.0 Å². The maximum absolute atomic E-state index is 13.1. The molecule has 3 aromatic carbocycles. The summed E-state index contributed by atoms with van der Waals surface area (Å²) in [5.41, 5.74) is 3.64. The molecule has 1 fully saturated rings. The van der Waals surface area contributed by atoms with E-state index in [2.05, 4.69) is 5.32 Å². The summed E-state index contributed by atoms with van der Waals surface area (Å²) in [5, 5.41) is 2.85. The highest BCUT2D eigenvalue weighted by Gasteiger charge is 2.36. The zero-order valence-corrected chi connectivity index (χ0v) is 18.8. The SMILES string of the molecule is Cc1ccc(N2C(=O)NC(=O)C(=Cc3cccc(OCc4ccccc4Cl)c3)C2=O)cc1C. The first kappa shape index (κ1) is 22.3. The molecule has 0 spiro atoms. The average molecular weight is 461 g/mol. The van der Waals surface area contributed by atoms with Crippen molar-refractivity contribution in [3.63, 3.8) is 0 Å². The number of imide groups is 2. The smallest absolute Gasteiger partial charge is 0.335 e. The lowest BCUT2D eigenvalue weighted by atomic mass is 10.0. The fourth-order valence-corrected chi connectivity index (χ4v) is 3.58. The van der Waals surface area contributed by atoms with E-state index in [0.717, 1.165) is 21.6 Å². The molecule has 0 bridgehead atoms. The molecule has 4 amide bonds. The van der Waals surface area contributed by atoms with Crippen LogP contribution >= 0.6 is 11.6 Å². The predicted molar refractivity (Wildman–Crippen MR) is 127 cm³/mol. The van der Waals surface area contributed by atoms with Gasteiger partial charge in [-0.25, -0.2) is 9.69 Å². The number of anilines is 1. The van der Waals surface area contributed by atoms with E-state index in [9.17, 15) is 14.4 Å². The number of amides is 4. The molecule has 3 aromatic rings. The Morgan fingerprint density at radius 3 is 2.48 bits per heavy atom. The van der Waals surface area contributed by atoms with Crippen LogP contribution in [-0.2, 0) is 16.2 Å². The maximum Gasteiger partial charge on any atom is 0.335 e.